The summed E-state index contributed by atoms with van der Waals surface area (Å²) in [7, 11) is 1.67. The van der Waals surface area contributed by atoms with E-state index in [2.05, 4.69) is 25.6 Å². The van der Waals surface area contributed by atoms with Crippen molar-refractivity contribution in [1.29, 1.82) is 0 Å². The minimum absolute atomic E-state index is 0.134. The number of fused-ring (bicyclic) bond motifs is 1. The number of aliphatic hydroxyl groups is 1. The van der Waals surface area contributed by atoms with Gasteiger partial charge in [0.25, 0.3) is 0 Å². The molecule has 4 rings (SSSR count). The number of hydrogen-bond acceptors (Lipinski definition) is 7. The van der Waals surface area contributed by atoms with E-state index in [1.165, 1.54) is 0 Å². The summed E-state index contributed by atoms with van der Waals surface area (Å²) in [6, 6.07) is 15.7. The minimum atomic E-state index is 0.134. The van der Waals surface area contributed by atoms with Gasteiger partial charge in [-0.2, -0.15) is 9.67 Å². The van der Waals surface area contributed by atoms with E-state index in [0.29, 0.717) is 30.1 Å². The topological polar surface area (TPSA) is 98.0 Å². The molecule has 28 heavy (non-hydrogen) atoms. The Bertz CT molecular complexity index is 1080. The number of nitrogens with zero attached hydrogens (tertiary/aromatic N) is 5. The monoisotopic (exact) mass is 376 g/mol. The summed E-state index contributed by atoms with van der Waals surface area (Å²) in [6.45, 7) is 0.656. The number of aliphatic hydroxyl groups excluding tert-OH is 1. The number of hydrogen-bond donors (Lipinski definition) is 2. The van der Waals surface area contributed by atoms with Crippen LogP contribution in [0.15, 0.2) is 54.7 Å². The first-order valence-electron chi connectivity index (χ1n) is 8.90. The van der Waals surface area contributed by atoms with Gasteiger partial charge in [-0.3, -0.25) is 0 Å². The normalized spacial score (nSPS) is 11.1. The summed E-state index contributed by atoms with van der Waals surface area (Å²) >= 11 is 0. The molecular weight excluding hydrogens is 356 g/mol. The molecule has 4 aromatic rings. The van der Waals surface area contributed by atoms with Crippen LogP contribution in [0.1, 0.15) is 11.1 Å². The SMILES string of the molecule is COCc1cccc(-n2nnc3cnc(Nc4ccc(CCO)cc4)nc32)c1. The van der Waals surface area contributed by atoms with Crippen molar-refractivity contribution in [3.8, 4) is 5.69 Å². The zero-order chi connectivity index (χ0) is 19.3. The summed E-state index contributed by atoms with van der Waals surface area (Å²) < 4.78 is 6.89. The Morgan fingerprint density at radius 3 is 2.75 bits per heavy atom. The van der Waals surface area contributed by atoms with Crippen molar-refractivity contribution in [3.63, 3.8) is 0 Å². The molecule has 0 amide bonds. The number of rotatable bonds is 7. The van der Waals surface area contributed by atoms with Crippen molar-refractivity contribution in [3.05, 3.63) is 65.9 Å². The molecule has 2 N–H and O–H groups in total. The molecule has 0 fully saturated rings. The number of anilines is 2. The van der Waals surface area contributed by atoms with Crippen LogP contribution in [0.25, 0.3) is 16.9 Å². The number of benzene rings is 2. The van der Waals surface area contributed by atoms with Gasteiger partial charge in [0.2, 0.25) is 5.95 Å². The molecule has 0 aliphatic heterocycles. The fourth-order valence-electron chi connectivity index (χ4n) is 2.92. The van der Waals surface area contributed by atoms with Gasteiger partial charge in [0.15, 0.2) is 11.2 Å². The Morgan fingerprint density at radius 1 is 1.11 bits per heavy atom. The standard InChI is InChI=1S/C20H20N6O2/c1-28-13-15-3-2-4-17(11-15)26-19-18(24-25-26)12-21-20(23-19)22-16-7-5-14(6-8-16)9-10-27/h2-8,11-12,27H,9-10,13H2,1H3,(H,21,22,23). The smallest absolute Gasteiger partial charge is 0.229 e. The Labute approximate surface area is 161 Å². The van der Waals surface area contributed by atoms with E-state index < -0.39 is 0 Å². The number of ether oxygens (including phenoxy) is 1. The molecule has 0 atom stereocenters. The van der Waals surface area contributed by atoms with Crippen molar-refractivity contribution in [1.82, 2.24) is 25.0 Å². The molecule has 0 bridgehead atoms. The van der Waals surface area contributed by atoms with Gasteiger partial charge >= 0.3 is 0 Å². The van der Waals surface area contributed by atoms with E-state index in [1.54, 1.807) is 18.0 Å². The molecule has 0 spiro atoms. The molecule has 2 aromatic carbocycles. The zero-order valence-corrected chi connectivity index (χ0v) is 15.4. The van der Waals surface area contributed by atoms with E-state index in [4.69, 9.17) is 9.84 Å². The van der Waals surface area contributed by atoms with E-state index in [0.717, 1.165) is 22.5 Å². The molecule has 0 aliphatic rings. The molecule has 0 radical (unpaired) electrons. The van der Waals surface area contributed by atoms with Crippen LogP contribution in [0, 0.1) is 0 Å². The summed E-state index contributed by atoms with van der Waals surface area (Å²) in [5, 5.41) is 20.6. The van der Waals surface area contributed by atoms with Gasteiger partial charge in [0, 0.05) is 19.4 Å². The average Bonchev–Trinajstić information content (AvgIpc) is 3.13. The second-order valence-corrected chi connectivity index (χ2v) is 6.30. The van der Waals surface area contributed by atoms with E-state index in [1.807, 2.05) is 48.5 Å². The number of methoxy groups -OCH3 is 1. The Hall–Kier alpha value is -3.36. The molecule has 142 valence electrons. The highest BCUT2D eigenvalue weighted by Crippen LogP contribution is 2.19. The first kappa shape index (κ1) is 18.0. The molecule has 0 saturated heterocycles. The van der Waals surface area contributed by atoms with E-state index >= 15 is 0 Å². The van der Waals surface area contributed by atoms with Crippen LogP contribution >= 0.6 is 0 Å². The molecule has 2 heterocycles. The Morgan fingerprint density at radius 2 is 1.96 bits per heavy atom. The lowest BCUT2D eigenvalue weighted by molar-refractivity contribution is 0.185. The summed E-state index contributed by atoms with van der Waals surface area (Å²) in [5.41, 5.74) is 5.06. The molecule has 2 aromatic heterocycles. The van der Waals surface area contributed by atoms with Gasteiger partial charge in [0.1, 0.15) is 0 Å². The highest BCUT2D eigenvalue weighted by atomic mass is 16.5. The highest BCUT2D eigenvalue weighted by molar-refractivity contribution is 5.72. The molecule has 0 unspecified atom stereocenters. The quantitative estimate of drug-likeness (QED) is 0.512. The fraction of sp³-hybridized carbons (Fsp3) is 0.200. The van der Waals surface area contributed by atoms with E-state index in [-0.39, 0.29) is 6.61 Å². The summed E-state index contributed by atoms with van der Waals surface area (Å²) in [6.07, 6.45) is 2.28. The molecule has 8 nitrogen and oxygen atoms in total. The minimum Gasteiger partial charge on any atom is -0.396 e. The average molecular weight is 376 g/mol. The van der Waals surface area contributed by atoms with Crippen molar-refractivity contribution < 1.29 is 9.84 Å². The first-order chi connectivity index (χ1) is 13.8. The molecule has 0 aliphatic carbocycles. The van der Waals surface area contributed by atoms with Gasteiger partial charge in [0.05, 0.1) is 18.5 Å². The van der Waals surface area contributed by atoms with Gasteiger partial charge in [-0.05, 0) is 41.8 Å². The maximum Gasteiger partial charge on any atom is 0.229 e. The fourth-order valence-corrected chi connectivity index (χ4v) is 2.92. The lowest BCUT2D eigenvalue weighted by Gasteiger charge is -2.07. The third-order valence-electron chi connectivity index (χ3n) is 4.27. The number of aromatic nitrogens is 5. The predicted molar refractivity (Wildman–Crippen MR) is 106 cm³/mol. The lowest BCUT2D eigenvalue weighted by atomic mass is 10.1. The van der Waals surface area contributed by atoms with Crippen molar-refractivity contribution in [2.24, 2.45) is 0 Å². The van der Waals surface area contributed by atoms with Gasteiger partial charge in [-0.25, -0.2) is 4.98 Å². The highest BCUT2D eigenvalue weighted by Gasteiger charge is 2.11. The van der Waals surface area contributed by atoms with Crippen LogP contribution in [0.5, 0.6) is 0 Å². The van der Waals surface area contributed by atoms with Crippen molar-refractivity contribution in [2.75, 3.05) is 19.0 Å². The lowest BCUT2D eigenvalue weighted by Crippen LogP contribution is -2.02. The summed E-state index contributed by atoms with van der Waals surface area (Å²) in [5.74, 6) is 0.457. The van der Waals surface area contributed by atoms with Crippen LogP contribution in [-0.2, 0) is 17.8 Å². The van der Waals surface area contributed by atoms with Crippen LogP contribution in [0.4, 0.5) is 11.6 Å². The third kappa shape index (κ3) is 3.83. The Balaban J connectivity index is 1.63. The predicted octanol–water partition coefficient (Wildman–Crippen LogP) is 2.64. The second-order valence-electron chi connectivity index (χ2n) is 6.30. The molecule has 0 saturated carbocycles. The van der Waals surface area contributed by atoms with Crippen molar-refractivity contribution >= 4 is 22.8 Å². The third-order valence-corrected chi connectivity index (χ3v) is 4.27. The largest absolute Gasteiger partial charge is 0.396 e. The van der Waals surface area contributed by atoms with Gasteiger partial charge in [-0.15, -0.1) is 5.10 Å². The molecular formula is C20H20N6O2. The Kier molecular flexibility index (Phi) is 5.22. The first-order valence-corrected chi connectivity index (χ1v) is 8.90. The zero-order valence-electron chi connectivity index (χ0n) is 15.4. The van der Waals surface area contributed by atoms with Crippen molar-refractivity contribution in [2.45, 2.75) is 13.0 Å². The second kappa shape index (κ2) is 8.12. The maximum absolute atomic E-state index is 9.01. The van der Waals surface area contributed by atoms with E-state index in [9.17, 15) is 0 Å². The maximum atomic E-state index is 9.01. The van der Waals surface area contributed by atoms with Gasteiger partial charge in [-0.1, -0.05) is 29.5 Å². The van der Waals surface area contributed by atoms with Gasteiger partial charge < -0.3 is 15.2 Å². The molecule has 8 heteroatoms. The van der Waals surface area contributed by atoms with Crippen LogP contribution in [-0.4, -0.2) is 43.8 Å². The number of nitrogens with one attached hydrogen (secondary N) is 1. The van der Waals surface area contributed by atoms with Crippen LogP contribution in [0.3, 0.4) is 0 Å². The van der Waals surface area contributed by atoms with Crippen LogP contribution < -0.4 is 5.32 Å². The van der Waals surface area contributed by atoms with Crippen LogP contribution in [0.2, 0.25) is 0 Å². The summed E-state index contributed by atoms with van der Waals surface area (Å²) in [4.78, 5) is 8.90.